The molecule has 1 N–H and O–H groups in total. The lowest BCUT2D eigenvalue weighted by atomic mass is 10.0. The number of hydrogen-bond donors (Lipinski definition) is 1. The number of halogens is 2. The molecule has 1 aromatic carbocycles. The molecule has 1 aliphatic rings. The van der Waals surface area contributed by atoms with E-state index in [4.69, 9.17) is 14.0 Å². The van der Waals surface area contributed by atoms with Crippen LogP contribution in [0, 0.1) is 24.5 Å². The molecular weight excluding hydrogens is 336 g/mol. The molecule has 25 heavy (non-hydrogen) atoms. The molecule has 7 nitrogen and oxygen atoms in total. The maximum absolute atomic E-state index is 13.9. The fourth-order valence-electron chi connectivity index (χ4n) is 2.80. The predicted octanol–water partition coefficient (Wildman–Crippen LogP) is 2.17. The van der Waals surface area contributed by atoms with Crippen molar-refractivity contribution in [3.63, 3.8) is 0 Å². The van der Waals surface area contributed by atoms with Crippen LogP contribution < -0.4 is 10.1 Å². The van der Waals surface area contributed by atoms with E-state index in [1.165, 1.54) is 7.11 Å². The van der Waals surface area contributed by atoms with Gasteiger partial charge in [-0.25, -0.2) is 8.78 Å². The van der Waals surface area contributed by atoms with Gasteiger partial charge in [0.2, 0.25) is 0 Å². The van der Waals surface area contributed by atoms with Crippen LogP contribution >= 0.6 is 0 Å². The Hall–Kier alpha value is -2.55. The molecule has 2 aromatic rings. The van der Waals surface area contributed by atoms with Gasteiger partial charge in [-0.05, 0) is 25.5 Å². The Morgan fingerprint density at radius 2 is 2.16 bits per heavy atom. The third-order valence-electron chi connectivity index (χ3n) is 4.02. The molecule has 2 heterocycles. The molecule has 1 saturated heterocycles. The van der Waals surface area contributed by atoms with E-state index in [-0.39, 0.29) is 12.5 Å². The standard InChI is InChI=1S/C16H17F2N3O4/c1-8-20-16(25-21-8)13-9(5-6-24-13)7-19-15(22)12-10(17)3-4-11(18)14(12)23-2/h3-4,9,13H,5-7H2,1-2H3,(H,19,22)/t9-,13-/m0/s1. The molecule has 2 atom stereocenters. The second-order valence-corrected chi connectivity index (χ2v) is 5.67. The highest BCUT2D eigenvalue weighted by Gasteiger charge is 2.34. The van der Waals surface area contributed by atoms with Crippen molar-refractivity contribution in [3.05, 3.63) is 41.0 Å². The quantitative estimate of drug-likeness (QED) is 0.887. The fraction of sp³-hybridized carbons (Fsp3) is 0.438. The Bertz CT molecular complexity index is 781. The van der Waals surface area contributed by atoms with Crippen LogP contribution in [0.2, 0.25) is 0 Å². The van der Waals surface area contributed by atoms with Crippen LogP contribution in [-0.4, -0.2) is 36.3 Å². The van der Waals surface area contributed by atoms with E-state index in [0.29, 0.717) is 24.7 Å². The minimum absolute atomic E-state index is 0.119. The highest BCUT2D eigenvalue weighted by molar-refractivity contribution is 5.97. The summed E-state index contributed by atoms with van der Waals surface area (Å²) in [7, 11) is 1.17. The molecule has 1 fully saturated rings. The number of aryl methyl sites for hydroxylation is 1. The lowest BCUT2D eigenvalue weighted by molar-refractivity contribution is 0.0612. The smallest absolute Gasteiger partial charge is 0.258 e. The van der Waals surface area contributed by atoms with Crippen LogP contribution in [-0.2, 0) is 4.74 Å². The third kappa shape index (κ3) is 3.46. The van der Waals surface area contributed by atoms with E-state index >= 15 is 0 Å². The first-order valence-corrected chi connectivity index (χ1v) is 7.73. The Morgan fingerprint density at radius 1 is 1.40 bits per heavy atom. The summed E-state index contributed by atoms with van der Waals surface area (Å²) in [4.78, 5) is 16.4. The van der Waals surface area contributed by atoms with Gasteiger partial charge < -0.3 is 19.3 Å². The van der Waals surface area contributed by atoms with Gasteiger partial charge in [0, 0.05) is 19.1 Å². The number of ether oxygens (including phenoxy) is 2. The first-order chi connectivity index (χ1) is 12.0. The molecule has 9 heteroatoms. The molecule has 1 aromatic heterocycles. The average molecular weight is 353 g/mol. The van der Waals surface area contributed by atoms with E-state index in [2.05, 4.69) is 15.5 Å². The third-order valence-corrected chi connectivity index (χ3v) is 4.02. The van der Waals surface area contributed by atoms with Gasteiger partial charge in [0.25, 0.3) is 11.8 Å². The van der Waals surface area contributed by atoms with Gasteiger partial charge in [0.1, 0.15) is 17.5 Å². The molecule has 0 unspecified atom stereocenters. The summed E-state index contributed by atoms with van der Waals surface area (Å²) in [5.74, 6) is -2.15. The van der Waals surface area contributed by atoms with E-state index in [0.717, 1.165) is 12.1 Å². The zero-order valence-corrected chi connectivity index (χ0v) is 13.7. The maximum Gasteiger partial charge on any atom is 0.258 e. The van der Waals surface area contributed by atoms with E-state index in [1.54, 1.807) is 6.92 Å². The van der Waals surface area contributed by atoms with Crippen LogP contribution in [0.5, 0.6) is 5.75 Å². The summed E-state index contributed by atoms with van der Waals surface area (Å²) >= 11 is 0. The summed E-state index contributed by atoms with van der Waals surface area (Å²) in [5.41, 5.74) is -0.466. The molecule has 0 saturated carbocycles. The Balaban J connectivity index is 1.71. The Labute approximate surface area is 142 Å². The zero-order chi connectivity index (χ0) is 18.0. The number of nitrogens with one attached hydrogen (secondary N) is 1. The molecule has 1 amide bonds. The van der Waals surface area contributed by atoms with Gasteiger partial charge in [0.15, 0.2) is 17.4 Å². The Kier molecular flexibility index (Phi) is 4.93. The lowest BCUT2D eigenvalue weighted by Crippen LogP contribution is -2.31. The van der Waals surface area contributed by atoms with Crippen molar-refractivity contribution in [2.24, 2.45) is 5.92 Å². The second kappa shape index (κ2) is 7.14. The van der Waals surface area contributed by atoms with Crippen LogP contribution in [0.1, 0.15) is 34.6 Å². The largest absolute Gasteiger partial charge is 0.493 e. The summed E-state index contributed by atoms with van der Waals surface area (Å²) in [6, 6.07) is 1.79. The summed E-state index contributed by atoms with van der Waals surface area (Å²) in [6.07, 6.45) is 0.218. The molecule has 3 rings (SSSR count). The zero-order valence-electron chi connectivity index (χ0n) is 13.7. The molecule has 1 aliphatic heterocycles. The first-order valence-electron chi connectivity index (χ1n) is 7.73. The number of amides is 1. The normalized spacial score (nSPS) is 19.8. The lowest BCUT2D eigenvalue weighted by Gasteiger charge is -2.16. The van der Waals surface area contributed by atoms with Crippen molar-refractivity contribution in [2.75, 3.05) is 20.3 Å². The highest BCUT2D eigenvalue weighted by atomic mass is 19.1. The number of benzene rings is 1. The molecular formula is C16H17F2N3O4. The van der Waals surface area contributed by atoms with Crippen molar-refractivity contribution in [2.45, 2.75) is 19.4 Å². The van der Waals surface area contributed by atoms with Gasteiger partial charge >= 0.3 is 0 Å². The summed E-state index contributed by atoms with van der Waals surface area (Å²) < 4.78 is 43.2. The summed E-state index contributed by atoms with van der Waals surface area (Å²) in [6.45, 7) is 2.35. The number of aromatic nitrogens is 2. The topological polar surface area (TPSA) is 86.5 Å². The van der Waals surface area contributed by atoms with E-state index in [1.807, 2.05) is 0 Å². The van der Waals surface area contributed by atoms with Crippen molar-refractivity contribution < 1.29 is 27.6 Å². The minimum atomic E-state index is -0.859. The van der Waals surface area contributed by atoms with Crippen LogP contribution in [0.25, 0.3) is 0 Å². The maximum atomic E-state index is 13.9. The van der Waals surface area contributed by atoms with Gasteiger partial charge in [0.05, 0.1) is 7.11 Å². The molecule has 0 bridgehead atoms. The van der Waals surface area contributed by atoms with Gasteiger partial charge in [-0.3, -0.25) is 4.79 Å². The monoisotopic (exact) mass is 353 g/mol. The predicted molar refractivity (Wildman–Crippen MR) is 81.1 cm³/mol. The van der Waals surface area contributed by atoms with E-state index in [9.17, 15) is 13.6 Å². The van der Waals surface area contributed by atoms with Gasteiger partial charge in [-0.1, -0.05) is 5.16 Å². The minimum Gasteiger partial charge on any atom is -0.493 e. The number of nitrogens with zero attached hydrogens (tertiary/aromatic N) is 2. The van der Waals surface area contributed by atoms with Gasteiger partial charge in [-0.2, -0.15) is 4.98 Å². The molecule has 134 valence electrons. The SMILES string of the molecule is COc1c(F)ccc(F)c1C(=O)NC[C@@H]1CCO[C@@H]1c1nc(C)no1. The molecule has 0 spiro atoms. The summed E-state index contributed by atoms with van der Waals surface area (Å²) in [5, 5.41) is 6.32. The highest BCUT2D eigenvalue weighted by Crippen LogP contribution is 2.33. The van der Waals surface area contributed by atoms with Crippen molar-refractivity contribution in [1.82, 2.24) is 15.5 Å². The van der Waals surface area contributed by atoms with Crippen molar-refractivity contribution in [3.8, 4) is 5.75 Å². The van der Waals surface area contributed by atoms with Crippen LogP contribution in [0.4, 0.5) is 8.78 Å². The number of carbonyl (C=O) groups is 1. The van der Waals surface area contributed by atoms with Crippen LogP contribution in [0.3, 0.4) is 0 Å². The number of methoxy groups -OCH3 is 1. The average Bonchev–Trinajstić information content (AvgIpc) is 3.22. The Morgan fingerprint density at radius 3 is 2.84 bits per heavy atom. The number of carbonyl (C=O) groups excluding carboxylic acids is 1. The number of rotatable bonds is 5. The molecule has 0 aliphatic carbocycles. The first kappa shape index (κ1) is 17.3. The van der Waals surface area contributed by atoms with Crippen molar-refractivity contribution in [1.29, 1.82) is 0 Å². The van der Waals surface area contributed by atoms with E-state index < -0.39 is 35.0 Å². The number of hydrogen-bond acceptors (Lipinski definition) is 6. The second-order valence-electron chi connectivity index (χ2n) is 5.67. The molecule has 0 radical (unpaired) electrons. The van der Waals surface area contributed by atoms with Crippen LogP contribution in [0.15, 0.2) is 16.7 Å². The van der Waals surface area contributed by atoms with Crippen molar-refractivity contribution >= 4 is 5.91 Å². The fourth-order valence-corrected chi connectivity index (χ4v) is 2.80. The van der Waals surface area contributed by atoms with Gasteiger partial charge in [-0.15, -0.1) is 0 Å².